The molecule has 3 aliphatic rings. The van der Waals surface area contributed by atoms with Crippen molar-refractivity contribution in [3.8, 4) is 0 Å². The first-order valence-corrected chi connectivity index (χ1v) is 9.21. The number of aromatic nitrogens is 1. The van der Waals surface area contributed by atoms with Crippen LogP contribution in [0.15, 0.2) is 24.4 Å². The topological polar surface area (TPSA) is 87.2 Å². The Bertz CT molecular complexity index is 623. The maximum atomic E-state index is 11.5. The fourth-order valence-electron chi connectivity index (χ4n) is 4.10. The van der Waals surface area contributed by atoms with E-state index in [2.05, 4.69) is 15.2 Å². The molecule has 1 aromatic heterocycles. The van der Waals surface area contributed by atoms with Crippen LogP contribution in [-0.4, -0.2) is 89.2 Å². The summed E-state index contributed by atoms with van der Waals surface area (Å²) >= 11 is 0. The van der Waals surface area contributed by atoms with E-state index in [1.54, 1.807) is 13.1 Å². The lowest BCUT2D eigenvalue weighted by Gasteiger charge is -2.46. The molecule has 0 saturated carbocycles. The molecule has 3 aliphatic heterocycles. The molecule has 0 radical (unpaired) electrons. The molecule has 0 unspecified atom stereocenters. The molecule has 0 aliphatic carbocycles. The van der Waals surface area contributed by atoms with Crippen molar-refractivity contribution in [2.24, 2.45) is 0 Å². The van der Waals surface area contributed by atoms with Gasteiger partial charge < -0.3 is 24.8 Å². The summed E-state index contributed by atoms with van der Waals surface area (Å²) in [6.07, 6.45) is 0.589. The van der Waals surface area contributed by atoms with Crippen LogP contribution in [0.3, 0.4) is 0 Å². The molecule has 2 bridgehead atoms. The lowest BCUT2D eigenvalue weighted by atomic mass is 9.94. The minimum atomic E-state index is -0.603. The van der Waals surface area contributed by atoms with Gasteiger partial charge in [0.2, 0.25) is 5.91 Å². The van der Waals surface area contributed by atoms with E-state index in [1.807, 2.05) is 23.1 Å². The molecule has 26 heavy (non-hydrogen) atoms. The second-order valence-electron chi connectivity index (χ2n) is 7.13. The standard InChI is InChI=1S/C18H26N4O4/c1-12(23)21-6-8-22(9-7-21)16-17(24)15(14-11-25-18(16)26-14)20-10-13-4-2-3-5-19-13/h2-5,14-18,20,24H,6-11H2,1H3/t14-,15+,16-,17-,18+/m0/s1. The van der Waals surface area contributed by atoms with Crippen molar-refractivity contribution in [1.82, 2.24) is 20.1 Å². The molecule has 4 heterocycles. The molecule has 1 amide bonds. The van der Waals surface area contributed by atoms with Crippen LogP contribution in [0.1, 0.15) is 12.6 Å². The van der Waals surface area contributed by atoms with Gasteiger partial charge >= 0.3 is 0 Å². The quantitative estimate of drug-likeness (QED) is 0.724. The van der Waals surface area contributed by atoms with Crippen molar-refractivity contribution in [3.05, 3.63) is 30.1 Å². The van der Waals surface area contributed by atoms with Gasteiger partial charge in [-0.3, -0.25) is 14.7 Å². The highest BCUT2D eigenvalue weighted by molar-refractivity contribution is 5.73. The van der Waals surface area contributed by atoms with Gasteiger partial charge in [0.05, 0.1) is 30.5 Å². The number of aliphatic hydroxyl groups excluding tert-OH is 1. The Kier molecular flexibility index (Phi) is 5.19. The summed E-state index contributed by atoms with van der Waals surface area (Å²) in [6.45, 7) is 5.39. The number of hydrogen-bond acceptors (Lipinski definition) is 7. The van der Waals surface area contributed by atoms with Gasteiger partial charge in [0.15, 0.2) is 6.29 Å². The summed E-state index contributed by atoms with van der Waals surface area (Å²) < 4.78 is 11.8. The van der Waals surface area contributed by atoms with Gasteiger partial charge in [0, 0.05) is 45.8 Å². The maximum absolute atomic E-state index is 11.5. The molecule has 2 N–H and O–H groups in total. The molecule has 5 atom stereocenters. The average Bonchev–Trinajstić information content (AvgIpc) is 3.08. The van der Waals surface area contributed by atoms with Crippen LogP contribution in [0, 0.1) is 0 Å². The van der Waals surface area contributed by atoms with Crippen LogP contribution in [0.2, 0.25) is 0 Å². The van der Waals surface area contributed by atoms with Gasteiger partial charge in [-0.2, -0.15) is 0 Å². The van der Waals surface area contributed by atoms with Crippen LogP contribution in [-0.2, 0) is 20.8 Å². The number of piperazine rings is 1. The van der Waals surface area contributed by atoms with Crippen molar-refractivity contribution in [1.29, 1.82) is 0 Å². The number of ether oxygens (including phenoxy) is 2. The largest absolute Gasteiger partial charge is 0.390 e. The Morgan fingerprint density at radius 3 is 2.85 bits per heavy atom. The Labute approximate surface area is 153 Å². The minimum absolute atomic E-state index is 0.0946. The van der Waals surface area contributed by atoms with Crippen LogP contribution in [0.4, 0.5) is 0 Å². The zero-order chi connectivity index (χ0) is 18.1. The number of aliphatic hydroxyl groups is 1. The van der Waals surface area contributed by atoms with Gasteiger partial charge in [-0.1, -0.05) is 6.07 Å². The van der Waals surface area contributed by atoms with E-state index >= 15 is 0 Å². The molecule has 8 heteroatoms. The molecule has 1 aromatic rings. The molecule has 3 saturated heterocycles. The Hall–Kier alpha value is -1.58. The van der Waals surface area contributed by atoms with E-state index in [0.29, 0.717) is 39.3 Å². The second kappa shape index (κ2) is 7.58. The highest BCUT2D eigenvalue weighted by Gasteiger charge is 2.52. The van der Waals surface area contributed by atoms with Gasteiger partial charge in [-0.15, -0.1) is 0 Å². The first-order valence-electron chi connectivity index (χ1n) is 9.21. The van der Waals surface area contributed by atoms with Gasteiger partial charge in [-0.05, 0) is 12.1 Å². The molecule has 3 fully saturated rings. The highest BCUT2D eigenvalue weighted by atomic mass is 16.7. The number of nitrogens with zero attached hydrogens (tertiary/aromatic N) is 3. The molecule has 0 spiro atoms. The summed E-state index contributed by atoms with van der Waals surface area (Å²) in [4.78, 5) is 19.9. The van der Waals surface area contributed by atoms with Crippen molar-refractivity contribution in [3.63, 3.8) is 0 Å². The number of pyridine rings is 1. The fraction of sp³-hybridized carbons (Fsp3) is 0.667. The third kappa shape index (κ3) is 3.47. The molecule has 4 rings (SSSR count). The van der Waals surface area contributed by atoms with E-state index in [1.165, 1.54) is 0 Å². The van der Waals surface area contributed by atoms with Crippen molar-refractivity contribution < 1.29 is 19.4 Å². The summed E-state index contributed by atoms with van der Waals surface area (Å²) in [5, 5.41) is 14.5. The fourth-order valence-corrected chi connectivity index (χ4v) is 4.10. The van der Waals surface area contributed by atoms with Crippen LogP contribution in [0.25, 0.3) is 0 Å². The summed E-state index contributed by atoms with van der Waals surface area (Å²) in [7, 11) is 0. The number of carbonyl (C=O) groups excluding carboxylic acids is 1. The van der Waals surface area contributed by atoms with Crippen LogP contribution < -0.4 is 5.32 Å². The summed E-state index contributed by atoms with van der Waals surface area (Å²) in [5.74, 6) is 0.0946. The summed E-state index contributed by atoms with van der Waals surface area (Å²) in [5.41, 5.74) is 0.923. The first-order chi connectivity index (χ1) is 12.6. The zero-order valence-electron chi connectivity index (χ0n) is 15.0. The van der Waals surface area contributed by atoms with E-state index in [4.69, 9.17) is 9.47 Å². The molecule has 142 valence electrons. The lowest BCUT2D eigenvalue weighted by molar-refractivity contribution is -0.187. The van der Waals surface area contributed by atoms with Gasteiger partial charge in [0.1, 0.15) is 6.10 Å². The first kappa shape index (κ1) is 17.8. The molecule has 0 aromatic carbocycles. The van der Waals surface area contributed by atoms with E-state index in [0.717, 1.165) is 5.69 Å². The maximum Gasteiger partial charge on any atom is 0.219 e. The monoisotopic (exact) mass is 362 g/mol. The third-order valence-electron chi connectivity index (χ3n) is 5.56. The summed E-state index contributed by atoms with van der Waals surface area (Å²) in [6, 6.07) is 5.34. The minimum Gasteiger partial charge on any atom is -0.390 e. The zero-order valence-corrected chi connectivity index (χ0v) is 15.0. The molecule has 8 nitrogen and oxygen atoms in total. The number of hydrogen-bond donors (Lipinski definition) is 2. The van der Waals surface area contributed by atoms with Crippen LogP contribution in [0.5, 0.6) is 0 Å². The van der Waals surface area contributed by atoms with Gasteiger partial charge in [0.25, 0.3) is 0 Å². The number of rotatable bonds is 4. The highest BCUT2D eigenvalue weighted by Crippen LogP contribution is 2.32. The predicted octanol–water partition coefficient (Wildman–Crippen LogP) is -0.811. The molecular formula is C18H26N4O4. The SMILES string of the molecule is CC(=O)N1CCN([C@@H]2[C@@H]3OC[C@H](O3)[C@@H](NCc3ccccn3)[C@@H]2O)CC1. The van der Waals surface area contributed by atoms with Crippen molar-refractivity contribution in [2.45, 2.75) is 44.1 Å². The smallest absolute Gasteiger partial charge is 0.219 e. The van der Waals surface area contributed by atoms with E-state index in [9.17, 15) is 9.90 Å². The number of nitrogens with one attached hydrogen (secondary N) is 1. The van der Waals surface area contributed by atoms with Gasteiger partial charge in [-0.25, -0.2) is 0 Å². The Balaban J connectivity index is 1.42. The van der Waals surface area contributed by atoms with Crippen LogP contribution >= 0.6 is 0 Å². The second-order valence-corrected chi connectivity index (χ2v) is 7.13. The Morgan fingerprint density at radius 2 is 2.15 bits per heavy atom. The average molecular weight is 362 g/mol. The number of fused-ring (bicyclic) bond motifs is 2. The lowest BCUT2D eigenvalue weighted by Crippen LogP contribution is -2.66. The van der Waals surface area contributed by atoms with Crippen molar-refractivity contribution in [2.75, 3.05) is 32.8 Å². The normalized spacial score (nSPS) is 34.8. The number of amides is 1. The Morgan fingerprint density at radius 1 is 1.35 bits per heavy atom. The van der Waals surface area contributed by atoms with E-state index < -0.39 is 12.4 Å². The predicted molar refractivity (Wildman–Crippen MR) is 93.1 cm³/mol. The van der Waals surface area contributed by atoms with Crippen molar-refractivity contribution >= 4 is 5.91 Å². The number of carbonyl (C=O) groups is 1. The van der Waals surface area contributed by atoms with E-state index in [-0.39, 0.29) is 24.1 Å². The third-order valence-corrected chi connectivity index (χ3v) is 5.56. The molecular weight excluding hydrogens is 336 g/mol.